The summed E-state index contributed by atoms with van der Waals surface area (Å²) in [6.45, 7) is 3.00. The van der Waals surface area contributed by atoms with E-state index in [-0.39, 0.29) is 16.5 Å². The van der Waals surface area contributed by atoms with Crippen LogP contribution in [0.4, 0.5) is 18.9 Å². The van der Waals surface area contributed by atoms with Crippen molar-refractivity contribution in [2.75, 3.05) is 4.72 Å². The molecule has 0 saturated carbocycles. The van der Waals surface area contributed by atoms with Crippen molar-refractivity contribution >= 4 is 60.2 Å². The maximum atomic E-state index is 13.2. The average Bonchev–Trinajstić information content (AvgIpc) is 2.86. The van der Waals surface area contributed by atoms with Crippen LogP contribution in [0.15, 0.2) is 67.8 Å². The molecule has 0 fully saturated rings. The fourth-order valence-electron chi connectivity index (χ4n) is 3.40. The number of hydrogen-bond donors (Lipinski definition) is 5. The van der Waals surface area contributed by atoms with Crippen LogP contribution >= 0.6 is 15.9 Å². The fourth-order valence-corrected chi connectivity index (χ4v) is 4.88. The molecule has 3 aromatic rings. The molecule has 1 amide bonds. The van der Waals surface area contributed by atoms with Crippen molar-refractivity contribution in [3.05, 3.63) is 69.1 Å². The Morgan fingerprint density at radius 2 is 1.63 bits per heavy atom. The number of benzene rings is 2. The number of carboxylic acids is 1. The molecule has 1 heterocycles. The van der Waals surface area contributed by atoms with E-state index in [1.165, 1.54) is 31.2 Å². The number of carbonyl (C=O) groups excluding carboxylic acids is 1. The summed E-state index contributed by atoms with van der Waals surface area (Å²) in [4.78, 5) is 39.4. The standard InChI is InChI=1S/C21H23BrN6O5S.C2HF3O2/c1-11-3-8-17(20(30)28(11)18(19(23)29)12(2)33-26-21(24)25)27-34(31,32)16-7-5-13-9-15(22)6-4-14(13)10-16;3-2(4,5)1(6)7/h3-10,12,18,27H,1-2H3,(H2,23,29)(H4,24,25,26);(H,6,7). The Balaban J connectivity index is 0.000000745. The predicted octanol–water partition coefficient (Wildman–Crippen LogP) is 2.13. The zero-order valence-corrected chi connectivity index (χ0v) is 23.6. The first-order valence-electron chi connectivity index (χ1n) is 11.1. The highest BCUT2D eigenvalue weighted by Crippen LogP contribution is 2.24. The molecule has 0 radical (unpaired) electrons. The number of aliphatic carboxylic acids is 1. The monoisotopic (exact) mass is 664 g/mol. The van der Waals surface area contributed by atoms with E-state index in [2.05, 4.69) is 25.8 Å². The van der Waals surface area contributed by atoms with Crippen molar-refractivity contribution in [3.63, 3.8) is 0 Å². The van der Waals surface area contributed by atoms with Crippen LogP contribution < -0.4 is 27.5 Å². The summed E-state index contributed by atoms with van der Waals surface area (Å²) in [6, 6.07) is 11.5. The average molecular weight is 665 g/mol. The number of anilines is 1. The number of pyridine rings is 1. The third-order valence-electron chi connectivity index (χ3n) is 5.23. The largest absolute Gasteiger partial charge is 0.490 e. The summed E-state index contributed by atoms with van der Waals surface area (Å²) in [6.07, 6.45) is -6.12. The van der Waals surface area contributed by atoms with Gasteiger partial charge in [0, 0.05) is 10.2 Å². The van der Waals surface area contributed by atoms with Gasteiger partial charge < -0.3 is 27.1 Å². The number of carboxylic acid groups (broad SMARTS) is 1. The first-order chi connectivity index (χ1) is 18.8. The zero-order chi connectivity index (χ0) is 31.3. The van der Waals surface area contributed by atoms with Crippen LogP contribution in [-0.4, -0.2) is 48.2 Å². The smallest absolute Gasteiger partial charge is 0.475 e. The highest BCUT2D eigenvalue weighted by molar-refractivity contribution is 9.10. The number of hydrogen-bond acceptors (Lipinski definition) is 7. The van der Waals surface area contributed by atoms with Crippen molar-refractivity contribution in [1.82, 2.24) is 4.57 Å². The number of sulfonamides is 1. The molecule has 222 valence electrons. The number of rotatable bonds is 8. The third kappa shape index (κ3) is 8.58. The van der Waals surface area contributed by atoms with E-state index < -0.39 is 45.8 Å². The topological polar surface area (TPSA) is 222 Å². The molecule has 2 aromatic carbocycles. The highest BCUT2D eigenvalue weighted by atomic mass is 79.9. The maximum absolute atomic E-state index is 13.2. The van der Waals surface area contributed by atoms with Crippen molar-refractivity contribution in [1.29, 1.82) is 0 Å². The summed E-state index contributed by atoms with van der Waals surface area (Å²) < 4.78 is 62.0. The fraction of sp³-hybridized carbons (Fsp3) is 0.217. The number of aryl methyl sites for hydroxylation is 1. The zero-order valence-electron chi connectivity index (χ0n) is 21.2. The summed E-state index contributed by atoms with van der Waals surface area (Å²) in [7, 11) is -4.13. The Kier molecular flexibility index (Phi) is 10.3. The summed E-state index contributed by atoms with van der Waals surface area (Å²) in [5, 5.41) is 12.1. The van der Waals surface area contributed by atoms with E-state index >= 15 is 0 Å². The molecule has 0 saturated heterocycles. The molecule has 41 heavy (non-hydrogen) atoms. The van der Waals surface area contributed by atoms with Crippen LogP contribution in [0.2, 0.25) is 0 Å². The quantitative estimate of drug-likeness (QED) is 0.135. The number of nitrogens with one attached hydrogen (secondary N) is 1. The van der Waals surface area contributed by atoms with Crippen molar-refractivity contribution in [2.24, 2.45) is 22.4 Å². The van der Waals surface area contributed by atoms with Crippen molar-refractivity contribution < 1.29 is 41.1 Å². The van der Waals surface area contributed by atoms with Crippen LogP contribution in [0.1, 0.15) is 18.7 Å². The van der Waals surface area contributed by atoms with Gasteiger partial charge in [0.1, 0.15) is 5.69 Å². The number of nitrogens with zero attached hydrogens (tertiary/aromatic N) is 2. The molecule has 13 nitrogen and oxygen atoms in total. The minimum Gasteiger partial charge on any atom is -0.475 e. The summed E-state index contributed by atoms with van der Waals surface area (Å²) in [5.41, 5.74) is 15.3. The molecule has 0 bridgehead atoms. The van der Waals surface area contributed by atoms with Gasteiger partial charge in [0.05, 0.1) is 4.90 Å². The maximum Gasteiger partial charge on any atom is 0.490 e. The molecule has 18 heteroatoms. The van der Waals surface area contributed by atoms with E-state index in [4.69, 9.17) is 31.9 Å². The van der Waals surface area contributed by atoms with Gasteiger partial charge in [0.15, 0.2) is 12.1 Å². The number of oxime groups is 1. The van der Waals surface area contributed by atoms with Crippen LogP contribution in [-0.2, 0) is 24.4 Å². The highest BCUT2D eigenvalue weighted by Gasteiger charge is 2.38. The number of halogens is 4. The van der Waals surface area contributed by atoms with Crippen molar-refractivity contribution in [3.8, 4) is 0 Å². The lowest BCUT2D eigenvalue weighted by molar-refractivity contribution is -0.192. The van der Waals surface area contributed by atoms with Gasteiger partial charge in [-0.1, -0.05) is 28.1 Å². The predicted molar refractivity (Wildman–Crippen MR) is 146 cm³/mol. The minimum absolute atomic E-state index is 0.0373. The second kappa shape index (κ2) is 12.9. The van der Waals surface area contributed by atoms with E-state index in [0.29, 0.717) is 11.1 Å². The first kappa shape index (κ1) is 32.9. The second-order valence-corrected chi connectivity index (χ2v) is 10.9. The van der Waals surface area contributed by atoms with Crippen LogP contribution in [0.5, 0.6) is 0 Å². The minimum atomic E-state index is -5.08. The molecule has 0 aliphatic rings. The summed E-state index contributed by atoms with van der Waals surface area (Å²) in [5.74, 6) is -4.04. The Hall–Kier alpha value is -4.32. The lowest BCUT2D eigenvalue weighted by Crippen LogP contribution is -2.42. The number of aromatic nitrogens is 1. The molecular weight excluding hydrogens is 641 g/mol. The molecule has 0 aliphatic heterocycles. The third-order valence-corrected chi connectivity index (χ3v) is 7.09. The molecule has 0 aliphatic carbocycles. The molecule has 1 aromatic heterocycles. The van der Waals surface area contributed by atoms with Gasteiger partial charge >= 0.3 is 12.1 Å². The normalized spacial score (nSPS) is 12.8. The number of primary amides is 1. The molecule has 2 unspecified atom stereocenters. The van der Waals surface area contributed by atoms with E-state index in [1.807, 2.05) is 6.07 Å². The van der Waals surface area contributed by atoms with Gasteiger partial charge in [0.25, 0.3) is 15.6 Å². The van der Waals surface area contributed by atoms with Crippen LogP contribution in [0.25, 0.3) is 10.8 Å². The number of guanidine groups is 1. The SMILES string of the molecule is Cc1ccc(NS(=O)(=O)c2ccc3cc(Br)ccc3c2)c(=O)n1C(C(N)=O)C(C)ON=C(N)N.O=C(O)C(F)(F)F. The van der Waals surface area contributed by atoms with Gasteiger partial charge in [-0.3, -0.25) is 18.9 Å². The lowest BCUT2D eigenvalue weighted by Gasteiger charge is -2.24. The van der Waals surface area contributed by atoms with Gasteiger partial charge in [-0.2, -0.15) is 13.2 Å². The number of fused-ring (bicyclic) bond motifs is 1. The van der Waals surface area contributed by atoms with Crippen LogP contribution in [0, 0.1) is 6.92 Å². The summed E-state index contributed by atoms with van der Waals surface area (Å²) >= 11 is 3.37. The molecule has 0 spiro atoms. The van der Waals surface area contributed by atoms with E-state index in [0.717, 1.165) is 14.4 Å². The first-order valence-corrected chi connectivity index (χ1v) is 13.4. The number of alkyl halides is 3. The Morgan fingerprint density at radius 1 is 1.07 bits per heavy atom. The molecule has 8 N–H and O–H groups in total. The van der Waals surface area contributed by atoms with E-state index in [9.17, 15) is 31.2 Å². The van der Waals surface area contributed by atoms with Crippen LogP contribution in [0.3, 0.4) is 0 Å². The number of carbonyl (C=O) groups is 2. The Labute approximate surface area is 238 Å². The molecule has 3 rings (SSSR count). The van der Waals surface area contributed by atoms with Gasteiger partial charge in [0.2, 0.25) is 11.9 Å². The lowest BCUT2D eigenvalue weighted by atomic mass is 10.1. The molecular formula is C23H24BrF3N6O7S. The molecule has 2 atom stereocenters. The second-order valence-electron chi connectivity index (χ2n) is 8.30. The van der Waals surface area contributed by atoms with Gasteiger partial charge in [-0.05, 0) is 66.2 Å². The van der Waals surface area contributed by atoms with Crippen molar-refractivity contribution in [2.45, 2.75) is 37.1 Å². The Morgan fingerprint density at radius 3 is 2.17 bits per heavy atom. The van der Waals surface area contributed by atoms with E-state index in [1.54, 1.807) is 25.1 Å². The number of amides is 1. The van der Waals surface area contributed by atoms with Gasteiger partial charge in [-0.25, -0.2) is 13.2 Å². The number of nitrogens with two attached hydrogens (primary N) is 3. The van der Waals surface area contributed by atoms with Gasteiger partial charge in [-0.15, -0.1) is 0 Å². The Bertz CT molecular complexity index is 1660.